The van der Waals surface area contributed by atoms with E-state index in [9.17, 15) is 9.90 Å². The second-order valence-corrected chi connectivity index (χ2v) is 3.39. The van der Waals surface area contributed by atoms with Gasteiger partial charge in [0.2, 0.25) is 5.91 Å². The monoisotopic (exact) mass is 208 g/mol. The number of nitrogens with one attached hydrogen (secondary N) is 2. The summed E-state index contributed by atoms with van der Waals surface area (Å²) in [6.07, 6.45) is -0.0400. The van der Waals surface area contributed by atoms with Crippen LogP contribution in [0.1, 0.15) is 12.5 Å². The number of anilines is 1. The predicted molar refractivity (Wildman–Crippen MR) is 59.5 cm³/mol. The Morgan fingerprint density at radius 1 is 1.53 bits per heavy atom. The van der Waals surface area contributed by atoms with E-state index < -0.39 is 6.23 Å². The van der Waals surface area contributed by atoms with Gasteiger partial charge in [-0.2, -0.15) is 0 Å². The van der Waals surface area contributed by atoms with Crippen LogP contribution in [0.5, 0.6) is 0 Å². The summed E-state index contributed by atoms with van der Waals surface area (Å²) < 4.78 is 0. The molecule has 82 valence electrons. The van der Waals surface area contributed by atoms with Crippen LogP contribution in [0.2, 0.25) is 0 Å². The van der Waals surface area contributed by atoms with Gasteiger partial charge in [0, 0.05) is 19.0 Å². The number of carbonyl (C=O) groups excluding carboxylic acids is 1. The molecule has 1 amide bonds. The Bertz CT molecular complexity index is 339. The van der Waals surface area contributed by atoms with Crippen molar-refractivity contribution in [3.63, 3.8) is 0 Å². The molecule has 0 aromatic heterocycles. The lowest BCUT2D eigenvalue weighted by molar-refractivity contribution is -0.114. The zero-order valence-electron chi connectivity index (χ0n) is 8.95. The summed E-state index contributed by atoms with van der Waals surface area (Å²) in [6, 6.07) is 7.42. The van der Waals surface area contributed by atoms with Crippen LogP contribution in [-0.2, 0) is 11.2 Å². The maximum absolute atomic E-state index is 10.8. The first-order chi connectivity index (χ1) is 7.11. The molecular weight excluding hydrogens is 192 g/mol. The molecule has 1 unspecified atom stereocenters. The van der Waals surface area contributed by atoms with E-state index >= 15 is 0 Å². The van der Waals surface area contributed by atoms with Gasteiger partial charge >= 0.3 is 0 Å². The highest BCUT2D eigenvalue weighted by Crippen LogP contribution is 2.11. The lowest BCUT2D eigenvalue weighted by Crippen LogP contribution is -2.26. The SMILES string of the molecule is CNC(O)Cc1cccc(NC(C)=O)c1. The molecule has 0 radical (unpaired) electrons. The summed E-state index contributed by atoms with van der Waals surface area (Å²) in [4.78, 5) is 10.8. The van der Waals surface area contributed by atoms with Gasteiger partial charge < -0.3 is 10.4 Å². The number of amides is 1. The number of hydrogen-bond acceptors (Lipinski definition) is 3. The van der Waals surface area contributed by atoms with Crippen molar-refractivity contribution in [1.82, 2.24) is 5.32 Å². The van der Waals surface area contributed by atoms with Crippen LogP contribution in [0, 0.1) is 0 Å². The lowest BCUT2D eigenvalue weighted by atomic mass is 10.1. The highest BCUT2D eigenvalue weighted by Gasteiger charge is 2.03. The van der Waals surface area contributed by atoms with E-state index in [1.54, 1.807) is 7.05 Å². The smallest absolute Gasteiger partial charge is 0.221 e. The molecule has 4 nitrogen and oxygen atoms in total. The first-order valence-corrected chi connectivity index (χ1v) is 4.83. The van der Waals surface area contributed by atoms with Crippen LogP contribution >= 0.6 is 0 Å². The van der Waals surface area contributed by atoms with Gasteiger partial charge in [-0.15, -0.1) is 0 Å². The van der Waals surface area contributed by atoms with E-state index in [0.717, 1.165) is 11.3 Å². The molecule has 0 aliphatic carbocycles. The Kier molecular flexibility index (Phi) is 4.27. The molecule has 0 saturated carbocycles. The molecule has 0 spiro atoms. The molecule has 4 heteroatoms. The van der Waals surface area contributed by atoms with Gasteiger partial charge in [0.15, 0.2) is 0 Å². The van der Waals surface area contributed by atoms with E-state index in [-0.39, 0.29) is 5.91 Å². The maximum atomic E-state index is 10.8. The van der Waals surface area contributed by atoms with Gasteiger partial charge in [-0.1, -0.05) is 12.1 Å². The third-order valence-corrected chi connectivity index (χ3v) is 2.01. The van der Waals surface area contributed by atoms with Crippen molar-refractivity contribution in [2.24, 2.45) is 0 Å². The van der Waals surface area contributed by atoms with Crippen molar-refractivity contribution in [2.45, 2.75) is 19.6 Å². The number of rotatable bonds is 4. The van der Waals surface area contributed by atoms with E-state index in [4.69, 9.17) is 0 Å². The van der Waals surface area contributed by atoms with Crippen LogP contribution in [-0.4, -0.2) is 24.3 Å². The quantitative estimate of drug-likeness (QED) is 0.639. The Hall–Kier alpha value is -1.39. The van der Waals surface area contributed by atoms with Crippen LogP contribution in [0.4, 0.5) is 5.69 Å². The van der Waals surface area contributed by atoms with Crippen LogP contribution in [0.15, 0.2) is 24.3 Å². The Balaban J connectivity index is 2.69. The summed E-state index contributed by atoms with van der Waals surface area (Å²) >= 11 is 0. The Labute approximate surface area is 89.3 Å². The summed E-state index contributed by atoms with van der Waals surface area (Å²) in [7, 11) is 1.70. The van der Waals surface area contributed by atoms with Crippen molar-refractivity contribution in [3.05, 3.63) is 29.8 Å². The van der Waals surface area contributed by atoms with Gasteiger partial charge in [-0.3, -0.25) is 10.1 Å². The molecule has 1 aromatic carbocycles. The summed E-state index contributed by atoms with van der Waals surface area (Å²) in [5.74, 6) is -0.0960. The van der Waals surface area contributed by atoms with Crippen molar-refractivity contribution >= 4 is 11.6 Å². The van der Waals surface area contributed by atoms with E-state index in [1.807, 2.05) is 24.3 Å². The minimum atomic E-state index is -0.558. The normalized spacial score (nSPS) is 12.2. The average Bonchev–Trinajstić information content (AvgIpc) is 2.17. The van der Waals surface area contributed by atoms with Gasteiger partial charge in [0.05, 0.1) is 0 Å². The molecular formula is C11H16N2O2. The van der Waals surface area contributed by atoms with Crippen molar-refractivity contribution < 1.29 is 9.90 Å². The molecule has 0 bridgehead atoms. The fraction of sp³-hybridized carbons (Fsp3) is 0.364. The maximum Gasteiger partial charge on any atom is 0.221 e. The number of aliphatic hydroxyl groups is 1. The van der Waals surface area contributed by atoms with E-state index in [2.05, 4.69) is 10.6 Å². The second kappa shape index (κ2) is 5.48. The third kappa shape index (κ3) is 4.10. The van der Waals surface area contributed by atoms with Gasteiger partial charge in [0.25, 0.3) is 0 Å². The molecule has 0 saturated heterocycles. The van der Waals surface area contributed by atoms with Gasteiger partial charge in [-0.05, 0) is 24.7 Å². The fourth-order valence-corrected chi connectivity index (χ4v) is 1.30. The third-order valence-electron chi connectivity index (χ3n) is 2.01. The first-order valence-electron chi connectivity index (χ1n) is 4.83. The molecule has 0 aliphatic heterocycles. The molecule has 0 fully saturated rings. The Morgan fingerprint density at radius 3 is 2.87 bits per heavy atom. The zero-order valence-corrected chi connectivity index (χ0v) is 8.95. The number of aliphatic hydroxyl groups excluding tert-OH is 1. The molecule has 1 aromatic rings. The topological polar surface area (TPSA) is 61.4 Å². The van der Waals surface area contributed by atoms with Gasteiger partial charge in [0.1, 0.15) is 6.23 Å². The molecule has 1 rings (SSSR count). The number of benzene rings is 1. The highest BCUT2D eigenvalue weighted by molar-refractivity contribution is 5.88. The number of carbonyl (C=O) groups is 1. The summed E-state index contributed by atoms with van der Waals surface area (Å²) in [6.45, 7) is 1.47. The number of likely N-dealkylation sites (N-methyl/N-ethyl adjacent to an activating group) is 1. The van der Waals surface area contributed by atoms with Crippen LogP contribution in [0.3, 0.4) is 0 Å². The molecule has 0 heterocycles. The van der Waals surface area contributed by atoms with E-state index in [0.29, 0.717) is 6.42 Å². The summed E-state index contributed by atoms with van der Waals surface area (Å²) in [5.41, 5.74) is 1.73. The fourth-order valence-electron chi connectivity index (χ4n) is 1.30. The highest BCUT2D eigenvalue weighted by atomic mass is 16.3. The van der Waals surface area contributed by atoms with Crippen molar-refractivity contribution in [3.8, 4) is 0 Å². The largest absolute Gasteiger partial charge is 0.378 e. The van der Waals surface area contributed by atoms with Gasteiger partial charge in [-0.25, -0.2) is 0 Å². The van der Waals surface area contributed by atoms with Crippen molar-refractivity contribution in [1.29, 1.82) is 0 Å². The van der Waals surface area contributed by atoms with Crippen LogP contribution < -0.4 is 10.6 Å². The minimum absolute atomic E-state index is 0.0960. The molecule has 0 aliphatic rings. The first kappa shape index (κ1) is 11.7. The second-order valence-electron chi connectivity index (χ2n) is 3.39. The van der Waals surface area contributed by atoms with Crippen molar-refractivity contribution in [2.75, 3.05) is 12.4 Å². The molecule has 15 heavy (non-hydrogen) atoms. The van der Waals surface area contributed by atoms with E-state index in [1.165, 1.54) is 6.92 Å². The van der Waals surface area contributed by atoms with Crippen LogP contribution in [0.25, 0.3) is 0 Å². The number of hydrogen-bond donors (Lipinski definition) is 3. The average molecular weight is 208 g/mol. The zero-order chi connectivity index (χ0) is 11.3. The molecule has 1 atom stereocenters. The lowest BCUT2D eigenvalue weighted by Gasteiger charge is -2.10. The minimum Gasteiger partial charge on any atom is -0.378 e. The predicted octanol–water partition coefficient (Wildman–Crippen LogP) is 0.725. The molecule has 3 N–H and O–H groups in total. The summed E-state index contributed by atoms with van der Waals surface area (Å²) in [5, 5.41) is 14.8. The standard InChI is InChI=1S/C11H16N2O2/c1-8(14)13-10-5-3-4-9(6-10)7-11(15)12-2/h3-6,11-12,15H,7H2,1-2H3,(H,13,14). The Morgan fingerprint density at radius 2 is 2.27 bits per heavy atom.